The molecule has 0 aromatic heterocycles. The molecule has 0 radical (unpaired) electrons. The Morgan fingerprint density at radius 2 is 1.21 bits per heavy atom. The van der Waals surface area contributed by atoms with Gasteiger partial charge in [-0.15, -0.1) is 13.2 Å². The number of benzene rings is 1. The van der Waals surface area contributed by atoms with Gasteiger partial charge in [-0.3, -0.25) is 0 Å². The molecule has 19 heavy (non-hydrogen) atoms. The van der Waals surface area contributed by atoms with Crippen molar-refractivity contribution in [3.8, 4) is 0 Å². The molecule has 0 aliphatic carbocycles. The van der Waals surface area contributed by atoms with Crippen LogP contribution in [0.4, 0.5) is 0 Å². The van der Waals surface area contributed by atoms with Crippen molar-refractivity contribution >= 4 is 0 Å². The van der Waals surface area contributed by atoms with Gasteiger partial charge in [0.2, 0.25) is 0 Å². The molecule has 0 heteroatoms. The molecule has 114 valence electrons. The summed E-state index contributed by atoms with van der Waals surface area (Å²) in [6.07, 6.45) is 2.40. The second kappa shape index (κ2) is 25.7. The topological polar surface area (TPSA) is 0 Å². The third kappa shape index (κ3) is 17.0. The van der Waals surface area contributed by atoms with Crippen LogP contribution in [0.25, 0.3) is 0 Å². The number of aryl methyl sites for hydroxylation is 2. The molecule has 0 nitrogen and oxygen atoms in total. The summed E-state index contributed by atoms with van der Waals surface area (Å²) >= 11 is 0. The van der Waals surface area contributed by atoms with Crippen LogP contribution in [0.5, 0.6) is 0 Å². The fourth-order valence-electron chi connectivity index (χ4n) is 1.19. The highest BCUT2D eigenvalue weighted by Gasteiger charge is 1.95. The Hall–Kier alpha value is -1.04. The monoisotopic (exact) mass is 266 g/mol. The van der Waals surface area contributed by atoms with Crippen molar-refractivity contribution in [2.24, 2.45) is 0 Å². The second-order valence-electron chi connectivity index (χ2n) is 3.42. The molecule has 0 aliphatic rings. The summed E-state index contributed by atoms with van der Waals surface area (Å²) in [5, 5.41) is 0. The first-order valence-corrected chi connectivity index (χ1v) is 7.72. The summed E-state index contributed by atoms with van der Waals surface area (Å²) in [5.41, 5.74) is 4.32. The zero-order valence-corrected chi connectivity index (χ0v) is 15.1. The van der Waals surface area contributed by atoms with E-state index >= 15 is 0 Å². The van der Waals surface area contributed by atoms with Gasteiger partial charge < -0.3 is 0 Å². The lowest BCUT2D eigenvalue weighted by Crippen LogP contribution is -1.88. The highest BCUT2D eigenvalue weighted by atomic mass is 14.0. The minimum Gasteiger partial charge on any atom is -0.106 e. The van der Waals surface area contributed by atoms with Gasteiger partial charge in [0.1, 0.15) is 0 Å². The van der Waals surface area contributed by atoms with Crippen molar-refractivity contribution in [2.75, 3.05) is 0 Å². The minimum absolute atomic E-state index is 1.15. The van der Waals surface area contributed by atoms with Gasteiger partial charge in [-0.05, 0) is 37.0 Å². The predicted octanol–water partition coefficient (Wildman–Crippen LogP) is 7.14. The Kier molecular flexibility index (Phi) is 35.9. The zero-order chi connectivity index (χ0) is 16.3. The Morgan fingerprint density at radius 3 is 1.47 bits per heavy atom. The largest absolute Gasteiger partial charge is 0.106 e. The van der Waals surface area contributed by atoms with Gasteiger partial charge in [0, 0.05) is 0 Å². The van der Waals surface area contributed by atoms with Crippen molar-refractivity contribution < 1.29 is 0 Å². The smallest absolute Gasteiger partial charge is 0.0305 e. The third-order valence-corrected chi connectivity index (χ3v) is 2.10. The molecule has 0 fully saturated rings. The van der Waals surface area contributed by atoms with E-state index in [2.05, 4.69) is 66.0 Å². The van der Waals surface area contributed by atoms with Gasteiger partial charge in [0.05, 0.1) is 0 Å². The molecule has 1 rings (SSSR count). The van der Waals surface area contributed by atoms with Crippen LogP contribution in [0.1, 0.15) is 71.6 Å². The summed E-state index contributed by atoms with van der Waals surface area (Å²) in [4.78, 5) is 0. The molecule has 1 aromatic carbocycles. The molecule has 0 heterocycles. The molecule has 0 aliphatic heterocycles. The summed E-state index contributed by atoms with van der Waals surface area (Å²) in [6.45, 7) is 24.8. The first kappa shape index (κ1) is 26.5. The van der Waals surface area contributed by atoms with Gasteiger partial charge in [0.15, 0.2) is 0 Å². The van der Waals surface area contributed by atoms with E-state index in [0.29, 0.717) is 0 Å². The van der Waals surface area contributed by atoms with Crippen LogP contribution in [-0.2, 0) is 6.42 Å². The normalized spacial score (nSPS) is 7.00. The van der Waals surface area contributed by atoms with E-state index in [4.69, 9.17) is 0 Å². The highest BCUT2D eigenvalue weighted by Crippen LogP contribution is 2.12. The standard InChI is InChI=1S/C10H14.C3H8.2C2H6.C2H4/c1-4-10-7-5-6-8(2)9(10)3;1-3-2;3*1-2/h5-7H,4H2,1-3H3;3H2,1-2H3;2*1-2H3;1-2H2. The van der Waals surface area contributed by atoms with Crippen molar-refractivity contribution in [1.29, 1.82) is 0 Å². The predicted molar refractivity (Wildman–Crippen MR) is 95.2 cm³/mol. The van der Waals surface area contributed by atoms with E-state index in [0.717, 1.165) is 6.42 Å². The Bertz CT molecular complexity index is 248. The number of rotatable bonds is 1. The van der Waals surface area contributed by atoms with E-state index in [1.54, 1.807) is 0 Å². The molecule has 0 amide bonds. The van der Waals surface area contributed by atoms with Gasteiger partial charge >= 0.3 is 0 Å². The number of hydrogen-bond donors (Lipinski definition) is 0. The average Bonchev–Trinajstić information content (AvgIpc) is 2.49. The number of hydrogen-bond acceptors (Lipinski definition) is 0. The summed E-state index contributed by atoms with van der Waals surface area (Å²) in [7, 11) is 0. The first-order chi connectivity index (χ1) is 9.17. The van der Waals surface area contributed by atoms with E-state index < -0.39 is 0 Å². The molecule has 0 bridgehead atoms. The summed E-state index contributed by atoms with van der Waals surface area (Å²) in [5.74, 6) is 0. The van der Waals surface area contributed by atoms with Crippen LogP contribution in [0.3, 0.4) is 0 Å². The van der Waals surface area contributed by atoms with E-state index in [9.17, 15) is 0 Å². The Morgan fingerprint density at radius 1 is 0.842 bits per heavy atom. The second-order valence-corrected chi connectivity index (χ2v) is 3.42. The molecule has 0 saturated carbocycles. The maximum absolute atomic E-state index is 3.00. The van der Waals surface area contributed by atoms with E-state index in [-0.39, 0.29) is 0 Å². The Balaban J connectivity index is -0.000000106. The van der Waals surface area contributed by atoms with Gasteiger partial charge in [-0.25, -0.2) is 0 Å². The lowest BCUT2D eigenvalue weighted by atomic mass is 10.0. The maximum Gasteiger partial charge on any atom is -0.0305 e. The third-order valence-electron chi connectivity index (χ3n) is 2.10. The van der Waals surface area contributed by atoms with Gasteiger partial charge in [-0.1, -0.05) is 73.1 Å². The van der Waals surface area contributed by atoms with Crippen LogP contribution in [-0.4, -0.2) is 0 Å². The fourth-order valence-corrected chi connectivity index (χ4v) is 1.19. The summed E-state index contributed by atoms with van der Waals surface area (Å²) in [6, 6.07) is 6.48. The molecule has 1 aromatic rings. The van der Waals surface area contributed by atoms with Crippen LogP contribution in [0.2, 0.25) is 0 Å². The zero-order valence-electron chi connectivity index (χ0n) is 15.1. The van der Waals surface area contributed by atoms with Crippen LogP contribution in [0, 0.1) is 13.8 Å². The molecular weight excluding hydrogens is 228 g/mol. The molecular formula is C19H38. The lowest BCUT2D eigenvalue weighted by Gasteiger charge is -2.04. The van der Waals surface area contributed by atoms with Crippen molar-refractivity contribution in [2.45, 2.75) is 75.2 Å². The fraction of sp³-hybridized carbons (Fsp3) is 0.579. The summed E-state index contributed by atoms with van der Waals surface area (Å²) < 4.78 is 0. The SMILES string of the molecule is C=C.CC.CC.CCC.CCc1cccc(C)c1C. The average molecular weight is 267 g/mol. The van der Waals surface area contributed by atoms with E-state index in [1.165, 1.54) is 23.1 Å². The van der Waals surface area contributed by atoms with E-state index in [1.807, 2.05) is 27.7 Å². The first-order valence-electron chi connectivity index (χ1n) is 7.72. The molecule has 0 spiro atoms. The molecule has 0 unspecified atom stereocenters. The van der Waals surface area contributed by atoms with Gasteiger partial charge in [-0.2, -0.15) is 0 Å². The van der Waals surface area contributed by atoms with Crippen LogP contribution in [0.15, 0.2) is 31.4 Å². The van der Waals surface area contributed by atoms with Crippen LogP contribution < -0.4 is 0 Å². The van der Waals surface area contributed by atoms with Gasteiger partial charge in [0.25, 0.3) is 0 Å². The molecule has 0 N–H and O–H groups in total. The Labute approximate surface area is 124 Å². The quantitative estimate of drug-likeness (QED) is 0.474. The van der Waals surface area contributed by atoms with Crippen molar-refractivity contribution in [1.82, 2.24) is 0 Å². The van der Waals surface area contributed by atoms with Crippen molar-refractivity contribution in [3.05, 3.63) is 48.0 Å². The lowest BCUT2D eigenvalue weighted by molar-refractivity contribution is 1.09. The minimum atomic E-state index is 1.15. The molecule has 0 atom stereocenters. The van der Waals surface area contributed by atoms with Crippen molar-refractivity contribution in [3.63, 3.8) is 0 Å². The maximum atomic E-state index is 3.00. The highest BCUT2D eigenvalue weighted by molar-refractivity contribution is 5.32. The molecule has 0 saturated heterocycles. The van der Waals surface area contributed by atoms with Crippen LogP contribution >= 0.6 is 0 Å².